The van der Waals surface area contributed by atoms with E-state index in [1.54, 1.807) is 11.3 Å². The highest BCUT2D eigenvalue weighted by Gasteiger charge is 2.31. The fourth-order valence-electron chi connectivity index (χ4n) is 3.54. The van der Waals surface area contributed by atoms with Gasteiger partial charge in [-0.1, -0.05) is 36.4 Å². The van der Waals surface area contributed by atoms with Crippen LogP contribution in [0.15, 0.2) is 60.0 Å². The second-order valence-electron chi connectivity index (χ2n) is 6.48. The molecule has 4 rings (SSSR count). The maximum absolute atomic E-state index is 13.8. The Morgan fingerprint density at radius 3 is 2.56 bits per heavy atom. The van der Waals surface area contributed by atoms with E-state index in [9.17, 15) is 13.6 Å². The summed E-state index contributed by atoms with van der Waals surface area (Å²) in [5.74, 6) is -1.98. The SMILES string of the molecule is O=C(CN1CCc2sccc2C1c1ccccc1)Nc1c(F)cccc1F. The van der Waals surface area contributed by atoms with Crippen molar-refractivity contribution in [2.24, 2.45) is 0 Å². The van der Waals surface area contributed by atoms with E-state index >= 15 is 0 Å². The summed E-state index contributed by atoms with van der Waals surface area (Å²) in [7, 11) is 0. The Morgan fingerprint density at radius 2 is 1.81 bits per heavy atom. The van der Waals surface area contributed by atoms with E-state index in [1.807, 2.05) is 30.3 Å². The molecule has 138 valence electrons. The first-order chi connectivity index (χ1) is 13.1. The van der Waals surface area contributed by atoms with Gasteiger partial charge in [0.05, 0.1) is 12.6 Å². The number of carbonyl (C=O) groups excluding carboxylic acids is 1. The molecule has 0 bridgehead atoms. The van der Waals surface area contributed by atoms with Crippen molar-refractivity contribution in [1.29, 1.82) is 0 Å². The van der Waals surface area contributed by atoms with Gasteiger partial charge in [-0.15, -0.1) is 11.3 Å². The molecule has 2 heterocycles. The van der Waals surface area contributed by atoms with Crippen LogP contribution in [0.2, 0.25) is 0 Å². The maximum atomic E-state index is 13.8. The van der Waals surface area contributed by atoms with E-state index in [2.05, 4.69) is 21.7 Å². The summed E-state index contributed by atoms with van der Waals surface area (Å²) < 4.78 is 27.6. The summed E-state index contributed by atoms with van der Waals surface area (Å²) in [6, 6.07) is 15.6. The molecule has 0 fully saturated rings. The topological polar surface area (TPSA) is 32.3 Å². The van der Waals surface area contributed by atoms with Crippen LogP contribution >= 0.6 is 11.3 Å². The minimum absolute atomic E-state index is 0.0441. The molecule has 1 aliphatic heterocycles. The summed E-state index contributed by atoms with van der Waals surface area (Å²) >= 11 is 1.72. The van der Waals surface area contributed by atoms with E-state index in [1.165, 1.54) is 16.5 Å². The number of carbonyl (C=O) groups is 1. The molecule has 27 heavy (non-hydrogen) atoms. The average molecular weight is 384 g/mol. The number of nitrogens with one attached hydrogen (secondary N) is 1. The Kier molecular flexibility index (Phi) is 5.01. The van der Waals surface area contributed by atoms with Gasteiger partial charge < -0.3 is 5.32 Å². The Hall–Kier alpha value is -2.57. The lowest BCUT2D eigenvalue weighted by Gasteiger charge is -2.35. The predicted octanol–water partition coefficient (Wildman–Crippen LogP) is 4.61. The number of nitrogens with zero attached hydrogens (tertiary/aromatic N) is 1. The number of anilines is 1. The number of hydrogen-bond donors (Lipinski definition) is 1. The zero-order valence-corrected chi connectivity index (χ0v) is 15.3. The second-order valence-corrected chi connectivity index (χ2v) is 7.48. The first kappa shape index (κ1) is 17.8. The number of halogens is 2. The lowest BCUT2D eigenvalue weighted by molar-refractivity contribution is -0.117. The largest absolute Gasteiger partial charge is 0.320 e. The van der Waals surface area contributed by atoms with Crippen LogP contribution in [-0.2, 0) is 11.2 Å². The molecule has 1 aliphatic rings. The van der Waals surface area contributed by atoms with Crippen LogP contribution in [0.5, 0.6) is 0 Å². The van der Waals surface area contributed by atoms with E-state index in [0.717, 1.165) is 24.1 Å². The summed E-state index contributed by atoms with van der Waals surface area (Å²) in [5, 5.41) is 4.46. The van der Waals surface area contributed by atoms with Gasteiger partial charge in [-0.25, -0.2) is 8.78 Å². The highest BCUT2D eigenvalue weighted by atomic mass is 32.1. The smallest absolute Gasteiger partial charge is 0.238 e. The van der Waals surface area contributed by atoms with Gasteiger partial charge in [0.15, 0.2) is 0 Å². The summed E-state index contributed by atoms with van der Waals surface area (Å²) in [4.78, 5) is 15.9. The van der Waals surface area contributed by atoms with Crippen LogP contribution < -0.4 is 5.32 Å². The fourth-order valence-corrected chi connectivity index (χ4v) is 4.45. The summed E-state index contributed by atoms with van der Waals surface area (Å²) in [6.07, 6.45) is 0.859. The number of benzene rings is 2. The molecule has 3 nitrogen and oxygen atoms in total. The lowest BCUT2D eigenvalue weighted by Crippen LogP contribution is -2.40. The third-order valence-electron chi connectivity index (χ3n) is 4.75. The van der Waals surface area contributed by atoms with Crippen LogP contribution in [0, 0.1) is 11.6 Å². The summed E-state index contributed by atoms with van der Waals surface area (Å²) in [6.45, 7) is 0.767. The molecule has 1 atom stereocenters. The highest BCUT2D eigenvalue weighted by Crippen LogP contribution is 2.37. The Labute approximate surface area is 160 Å². The van der Waals surface area contributed by atoms with Gasteiger partial charge in [0.1, 0.15) is 17.3 Å². The van der Waals surface area contributed by atoms with Gasteiger partial charge in [-0.3, -0.25) is 9.69 Å². The predicted molar refractivity (Wildman–Crippen MR) is 103 cm³/mol. The van der Waals surface area contributed by atoms with Crippen LogP contribution in [0.25, 0.3) is 0 Å². The van der Waals surface area contributed by atoms with Crippen molar-refractivity contribution >= 4 is 22.9 Å². The van der Waals surface area contributed by atoms with Gasteiger partial charge in [-0.2, -0.15) is 0 Å². The molecule has 0 radical (unpaired) electrons. The number of rotatable bonds is 4. The first-order valence-electron chi connectivity index (χ1n) is 8.72. The van der Waals surface area contributed by atoms with Crippen molar-refractivity contribution in [3.8, 4) is 0 Å². The number of thiophene rings is 1. The molecular formula is C21H18F2N2OS. The number of hydrogen-bond acceptors (Lipinski definition) is 3. The Bertz CT molecular complexity index is 938. The van der Waals surface area contributed by atoms with Crippen molar-refractivity contribution in [3.63, 3.8) is 0 Å². The number of amides is 1. The minimum Gasteiger partial charge on any atom is -0.320 e. The molecule has 1 unspecified atom stereocenters. The molecular weight excluding hydrogens is 366 g/mol. The molecule has 0 saturated carbocycles. The lowest BCUT2D eigenvalue weighted by atomic mass is 9.93. The van der Waals surface area contributed by atoms with Gasteiger partial charge in [0.2, 0.25) is 5.91 Å². The van der Waals surface area contributed by atoms with Crippen LogP contribution in [0.1, 0.15) is 22.0 Å². The maximum Gasteiger partial charge on any atom is 0.238 e. The van der Waals surface area contributed by atoms with Gasteiger partial charge in [0, 0.05) is 11.4 Å². The fraction of sp³-hybridized carbons (Fsp3) is 0.190. The quantitative estimate of drug-likeness (QED) is 0.712. The van der Waals surface area contributed by atoms with Crippen LogP contribution in [0.3, 0.4) is 0 Å². The highest BCUT2D eigenvalue weighted by molar-refractivity contribution is 7.10. The molecule has 3 aromatic rings. The van der Waals surface area contributed by atoms with E-state index < -0.39 is 23.2 Å². The molecule has 6 heteroatoms. The molecule has 2 aromatic carbocycles. The van der Waals surface area contributed by atoms with Gasteiger partial charge >= 0.3 is 0 Å². The molecule has 1 amide bonds. The average Bonchev–Trinajstić information content (AvgIpc) is 3.14. The van der Waals surface area contributed by atoms with Crippen molar-refractivity contribution in [3.05, 3.63) is 87.6 Å². The second kappa shape index (κ2) is 7.58. The van der Waals surface area contributed by atoms with E-state index in [4.69, 9.17) is 0 Å². The molecule has 1 aromatic heterocycles. The van der Waals surface area contributed by atoms with E-state index in [0.29, 0.717) is 6.54 Å². The van der Waals surface area contributed by atoms with Gasteiger partial charge in [0.25, 0.3) is 0 Å². The zero-order chi connectivity index (χ0) is 18.8. The molecule has 1 N–H and O–H groups in total. The van der Waals surface area contributed by atoms with Crippen molar-refractivity contribution in [2.75, 3.05) is 18.4 Å². The molecule has 0 spiro atoms. The standard InChI is InChI=1S/C21H18F2N2OS/c22-16-7-4-8-17(23)20(16)24-19(26)13-25-11-9-18-15(10-12-27-18)21(25)14-5-2-1-3-6-14/h1-8,10,12,21H,9,11,13H2,(H,24,26). The number of para-hydroxylation sites is 1. The third kappa shape index (κ3) is 3.63. The van der Waals surface area contributed by atoms with Crippen molar-refractivity contribution in [2.45, 2.75) is 12.5 Å². The van der Waals surface area contributed by atoms with Gasteiger partial charge in [-0.05, 0) is 41.1 Å². The van der Waals surface area contributed by atoms with Crippen molar-refractivity contribution < 1.29 is 13.6 Å². The monoisotopic (exact) mass is 384 g/mol. The van der Waals surface area contributed by atoms with Crippen molar-refractivity contribution in [1.82, 2.24) is 4.90 Å². The molecule has 0 saturated heterocycles. The van der Waals surface area contributed by atoms with Crippen LogP contribution in [0.4, 0.5) is 14.5 Å². The Balaban J connectivity index is 1.58. The first-order valence-corrected chi connectivity index (χ1v) is 9.60. The normalized spacial score (nSPS) is 16.7. The number of fused-ring (bicyclic) bond motifs is 1. The third-order valence-corrected chi connectivity index (χ3v) is 5.75. The Morgan fingerprint density at radius 1 is 1.07 bits per heavy atom. The van der Waals surface area contributed by atoms with Crippen LogP contribution in [-0.4, -0.2) is 23.9 Å². The van der Waals surface area contributed by atoms with E-state index in [-0.39, 0.29) is 12.6 Å². The minimum atomic E-state index is -0.776. The zero-order valence-electron chi connectivity index (χ0n) is 14.5. The summed E-state index contributed by atoms with van der Waals surface area (Å²) in [5.41, 5.74) is 1.90. The molecule has 0 aliphatic carbocycles.